The van der Waals surface area contributed by atoms with Gasteiger partial charge in [0.25, 0.3) is 5.91 Å². The van der Waals surface area contributed by atoms with Crippen LogP contribution in [0.2, 0.25) is 0 Å². The highest BCUT2D eigenvalue weighted by Crippen LogP contribution is 2.30. The zero-order valence-corrected chi connectivity index (χ0v) is 15.7. The largest absolute Gasteiger partial charge is 0.352 e. The number of hydrogen-bond donors (Lipinski definition) is 1. The third kappa shape index (κ3) is 4.34. The summed E-state index contributed by atoms with van der Waals surface area (Å²) in [5.41, 5.74) is 0.734. The van der Waals surface area contributed by atoms with E-state index in [1.54, 1.807) is 0 Å². The van der Waals surface area contributed by atoms with Gasteiger partial charge in [0.1, 0.15) is 0 Å². The molecule has 2 unspecified atom stereocenters. The van der Waals surface area contributed by atoms with Gasteiger partial charge >= 0.3 is 0 Å². The molecule has 2 atom stereocenters. The zero-order valence-electron chi connectivity index (χ0n) is 11.2. The van der Waals surface area contributed by atoms with E-state index in [0.29, 0.717) is 17.7 Å². The summed E-state index contributed by atoms with van der Waals surface area (Å²) in [7, 11) is 0. The van der Waals surface area contributed by atoms with Gasteiger partial charge in [-0.2, -0.15) is 0 Å². The van der Waals surface area contributed by atoms with Crippen molar-refractivity contribution in [3.63, 3.8) is 0 Å². The molecule has 0 saturated heterocycles. The molecule has 1 amide bonds. The molecule has 1 N–H and O–H groups in total. The third-order valence-corrected chi connectivity index (χ3v) is 5.79. The van der Waals surface area contributed by atoms with Gasteiger partial charge in [-0.25, -0.2) is 0 Å². The molecule has 0 spiro atoms. The van der Waals surface area contributed by atoms with Crippen molar-refractivity contribution in [2.24, 2.45) is 11.8 Å². The Kier molecular flexibility index (Phi) is 6.62. The summed E-state index contributed by atoms with van der Waals surface area (Å²) in [4.78, 5) is 12.3. The Morgan fingerprint density at radius 3 is 2.75 bits per heavy atom. The maximum atomic E-state index is 12.3. The van der Waals surface area contributed by atoms with Gasteiger partial charge in [0.2, 0.25) is 0 Å². The average molecular weight is 471 g/mol. The van der Waals surface area contributed by atoms with Crippen molar-refractivity contribution in [1.29, 1.82) is 0 Å². The number of hydrogen-bond acceptors (Lipinski definition) is 1. The number of benzene rings is 1. The Morgan fingerprint density at radius 2 is 2.05 bits per heavy atom. The maximum absolute atomic E-state index is 12.3. The molecule has 1 aromatic rings. The fraction of sp³-hybridized carbons (Fsp3) is 0.533. The Hall–Kier alpha value is 0.190. The molecule has 5 heteroatoms. The number of carbonyl (C=O) groups excluding carboxylic acids is 1. The van der Waals surface area contributed by atoms with Gasteiger partial charge in [-0.15, -0.1) is 11.6 Å². The Balaban J connectivity index is 1.96. The number of nitrogens with one attached hydrogen (secondary N) is 1. The number of amides is 1. The fourth-order valence-electron chi connectivity index (χ4n) is 2.75. The molecule has 0 bridgehead atoms. The van der Waals surface area contributed by atoms with Crippen molar-refractivity contribution in [3.8, 4) is 0 Å². The van der Waals surface area contributed by atoms with Crippen LogP contribution >= 0.6 is 50.1 Å². The minimum Gasteiger partial charge on any atom is -0.352 e. The van der Waals surface area contributed by atoms with Crippen LogP contribution in [0.3, 0.4) is 0 Å². The van der Waals surface area contributed by atoms with E-state index >= 15 is 0 Å². The second-order valence-corrected chi connectivity index (χ2v) is 7.68. The summed E-state index contributed by atoms with van der Waals surface area (Å²) < 4.78 is 1.90. The van der Waals surface area contributed by atoms with E-state index in [0.717, 1.165) is 20.2 Å². The molecule has 0 aliphatic heterocycles. The molecule has 0 aromatic heterocycles. The predicted molar refractivity (Wildman–Crippen MR) is 95.4 cm³/mol. The summed E-state index contributed by atoms with van der Waals surface area (Å²) in [6.45, 7) is 0.735. The lowest BCUT2D eigenvalue weighted by Gasteiger charge is -2.30. The van der Waals surface area contributed by atoms with Crippen LogP contribution in [0.4, 0.5) is 0 Å². The highest BCUT2D eigenvalue weighted by Gasteiger charge is 2.25. The maximum Gasteiger partial charge on any atom is 0.252 e. The van der Waals surface area contributed by atoms with Crippen LogP contribution in [0.15, 0.2) is 22.7 Å². The highest BCUT2D eigenvalue weighted by atomic mass is 127. The van der Waals surface area contributed by atoms with Crippen molar-refractivity contribution < 1.29 is 4.79 Å². The Morgan fingerprint density at radius 1 is 1.35 bits per heavy atom. The van der Waals surface area contributed by atoms with Gasteiger partial charge in [-0.05, 0) is 65.5 Å². The molecular weight excluding hydrogens is 452 g/mol. The van der Waals surface area contributed by atoms with Gasteiger partial charge in [0.05, 0.1) is 5.56 Å². The van der Waals surface area contributed by atoms with E-state index in [1.165, 1.54) is 25.7 Å². The first-order valence-corrected chi connectivity index (χ1v) is 9.31. The van der Waals surface area contributed by atoms with E-state index < -0.39 is 0 Å². The molecule has 1 aliphatic carbocycles. The van der Waals surface area contributed by atoms with Crippen molar-refractivity contribution >= 4 is 56.0 Å². The third-order valence-electron chi connectivity index (χ3n) is 3.96. The van der Waals surface area contributed by atoms with Gasteiger partial charge in [0, 0.05) is 20.5 Å². The minimum absolute atomic E-state index is 0.00889. The number of carbonyl (C=O) groups is 1. The van der Waals surface area contributed by atoms with Crippen LogP contribution in [0.25, 0.3) is 0 Å². The van der Waals surface area contributed by atoms with Crippen LogP contribution in [-0.2, 0) is 0 Å². The van der Waals surface area contributed by atoms with E-state index in [9.17, 15) is 4.79 Å². The van der Waals surface area contributed by atoms with Gasteiger partial charge < -0.3 is 5.32 Å². The lowest BCUT2D eigenvalue weighted by atomic mass is 9.80. The van der Waals surface area contributed by atoms with E-state index in [1.807, 2.05) is 18.2 Å². The van der Waals surface area contributed by atoms with Crippen molar-refractivity contribution in [3.05, 3.63) is 31.8 Å². The summed E-state index contributed by atoms with van der Waals surface area (Å²) in [5, 5.41) is 3.08. The van der Waals surface area contributed by atoms with E-state index in [-0.39, 0.29) is 5.91 Å². The van der Waals surface area contributed by atoms with Crippen molar-refractivity contribution in [2.45, 2.75) is 25.7 Å². The molecule has 2 nitrogen and oxygen atoms in total. The molecule has 1 aliphatic rings. The second kappa shape index (κ2) is 7.99. The molecule has 1 saturated carbocycles. The number of alkyl halides is 1. The first-order chi connectivity index (χ1) is 9.61. The topological polar surface area (TPSA) is 29.1 Å². The van der Waals surface area contributed by atoms with Crippen LogP contribution in [0.1, 0.15) is 36.0 Å². The molecule has 110 valence electrons. The number of halogens is 3. The fourth-order valence-corrected chi connectivity index (χ4v) is 4.09. The van der Waals surface area contributed by atoms with Crippen LogP contribution < -0.4 is 5.32 Å². The monoisotopic (exact) mass is 469 g/mol. The lowest BCUT2D eigenvalue weighted by Crippen LogP contribution is -2.35. The molecule has 0 heterocycles. The smallest absolute Gasteiger partial charge is 0.252 e. The van der Waals surface area contributed by atoms with E-state index in [2.05, 4.69) is 43.8 Å². The molecule has 1 aromatic carbocycles. The van der Waals surface area contributed by atoms with Crippen LogP contribution in [-0.4, -0.2) is 18.3 Å². The van der Waals surface area contributed by atoms with Crippen molar-refractivity contribution in [2.75, 3.05) is 12.4 Å². The summed E-state index contributed by atoms with van der Waals surface area (Å²) in [5.74, 6) is 1.78. The Labute approximate surface area is 147 Å². The molecular formula is C15H18BrClINO. The van der Waals surface area contributed by atoms with Crippen LogP contribution in [0.5, 0.6) is 0 Å². The second-order valence-electron chi connectivity index (χ2n) is 5.29. The van der Waals surface area contributed by atoms with Crippen LogP contribution in [0, 0.1) is 15.4 Å². The van der Waals surface area contributed by atoms with E-state index in [4.69, 9.17) is 11.6 Å². The SMILES string of the molecule is O=C(NCC1CCCCC1CCl)c1cc(Br)ccc1I. The minimum atomic E-state index is 0.00889. The molecule has 2 rings (SSSR count). The standard InChI is InChI=1S/C15H18BrClINO/c16-12-5-6-14(18)13(7-12)15(20)19-9-11-4-2-1-3-10(11)8-17/h5-7,10-11H,1-4,8-9H2,(H,19,20). The quantitative estimate of drug-likeness (QED) is 0.496. The predicted octanol–water partition coefficient (Wildman–Crippen LogP) is 4.83. The van der Waals surface area contributed by atoms with Gasteiger partial charge in [0.15, 0.2) is 0 Å². The van der Waals surface area contributed by atoms with Crippen molar-refractivity contribution in [1.82, 2.24) is 5.32 Å². The number of rotatable bonds is 4. The zero-order chi connectivity index (χ0) is 14.5. The Bertz CT molecular complexity index is 483. The normalized spacial score (nSPS) is 22.6. The molecule has 1 fully saturated rings. The molecule has 0 radical (unpaired) electrons. The highest BCUT2D eigenvalue weighted by molar-refractivity contribution is 14.1. The average Bonchev–Trinajstić information content (AvgIpc) is 2.47. The summed E-state index contributed by atoms with van der Waals surface area (Å²) >= 11 is 11.6. The first kappa shape index (κ1) is 16.6. The van der Waals surface area contributed by atoms with Gasteiger partial charge in [-0.3, -0.25) is 4.79 Å². The summed E-state index contributed by atoms with van der Waals surface area (Å²) in [6, 6.07) is 5.77. The lowest BCUT2D eigenvalue weighted by molar-refractivity contribution is 0.0936. The summed E-state index contributed by atoms with van der Waals surface area (Å²) in [6.07, 6.45) is 4.89. The first-order valence-electron chi connectivity index (χ1n) is 6.91. The van der Waals surface area contributed by atoms with Gasteiger partial charge in [-0.1, -0.05) is 28.8 Å². The molecule has 20 heavy (non-hydrogen) atoms.